The van der Waals surface area contributed by atoms with Gasteiger partial charge in [0.2, 0.25) is 0 Å². The Kier molecular flexibility index (Phi) is 4.12. The minimum Gasteiger partial charge on any atom is -0.307 e. The zero-order valence-corrected chi connectivity index (χ0v) is 15.5. The summed E-state index contributed by atoms with van der Waals surface area (Å²) in [4.78, 5) is 43.9. The molecule has 2 aromatic heterocycles. The van der Waals surface area contributed by atoms with Gasteiger partial charge in [-0.1, -0.05) is 17.4 Å². The van der Waals surface area contributed by atoms with Crippen LogP contribution in [0.15, 0.2) is 46.0 Å². The van der Waals surface area contributed by atoms with Crippen LogP contribution in [0.1, 0.15) is 22.8 Å². The Bertz CT molecular complexity index is 1320. The highest BCUT2D eigenvalue weighted by Gasteiger charge is 2.13. The van der Waals surface area contributed by atoms with Gasteiger partial charge in [0.25, 0.3) is 11.5 Å². The van der Waals surface area contributed by atoms with E-state index in [0.717, 1.165) is 20.3 Å². The lowest BCUT2D eigenvalue weighted by Crippen LogP contribution is -2.34. The number of rotatable bonds is 3. The summed E-state index contributed by atoms with van der Waals surface area (Å²) in [6, 6.07) is 10.5. The Morgan fingerprint density at radius 2 is 2.04 bits per heavy atom. The predicted molar refractivity (Wildman–Crippen MR) is 107 cm³/mol. The number of aromatic nitrogens is 3. The third kappa shape index (κ3) is 3.04. The first-order valence-corrected chi connectivity index (χ1v) is 9.23. The highest BCUT2D eigenvalue weighted by Crippen LogP contribution is 2.27. The first-order chi connectivity index (χ1) is 13.0. The van der Waals surface area contributed by atoms with Crippen LogP contribution in [-0.4, -0.2) is 20.4 Å². The van der Waals surface area contributed by atoms with Gasteiger partial charge in [-0.25, -0.2) is 9.78 Å². The molecule has 0 unspecified atom stereocenters. The molecule has 8 heteroatoms. The van der Waals surface area contributed by atoms with Gasteiger partial charge >= 0.3 is 5.69 Å². The number of anilines is 1. The van der Waals surface area contributed by atoms with Crippen molar-refractivity contribution in [2.24, 2.45) is 0 Å². The van der Waals surface area contributed by atoms with Crippen molar-refractivity contribution >= 4 is 43.5 Å². The Balaban J connectivity index is 1.69. The number of carbonyl (C=O) groups excluding carboxylic acids is 1. The molecule has 0 aliphatic rings. The maximum absolute atomic E-state index is 12.6. The molecule has 4 aromatic rings. The van der Waals surface area contributed by atoms with Crippen LogP contribution >= 0.6 is 11.3 Å². The second-order valence-corrected chi connectivity index (χ2v) is 7.21. The van der Waals surface area contributed by atoms with Crippen molar-refractivity contribution in [2.75, 3.05) is 5.32 Å². The second kappa shape index (κ2) is 6.48. The number of hydrogen-bond donors (Lipinski definition) is 2. The molecule has 4 rings (SSSR count). The lowest BCUT2D eigenvalue weighted by atomic mass is 10.1. The Morgan fingerprint density at radius 3 is 2.81 bits per heavy atom. The topological polar surface area (TPSA) is 96.8 Å². The second-order valence-electron chi connectivity index (χ2n) is 6.18. The van der Waals surface area contributed by atoms with Crippen LogP contribution in [0.3, 0.4) is 0 Å². The van der Waals surface area contributed by atoms with E-state index in [4.69, 9.17) is 0 Å². The van der Waals surface area contributed by atoms with Gasteiger partial charge in [-0.2, -0.15) is 0 Å². The fourth-order valence-electron chi connectivity index (χ4n) is 2.94. The molecule has 0 atom stereocenters. The summed E-state index contributed by atoms with van der Waals surface area (Å²) in [6.07, 6.45) is 0. The number of amides is 1. The largest absolute Gasteiger partial charge is 0.328 e. The SMILES string of the molecule is CCn1c(=O)[nH]c2cc(C(=O)Nc3nc4ccc(C)cc4s3)ccc2c1=O. The zero-order chi connectivity index (χ0) is 19.1. The van der Waals surface area contributed by atoms with Crippen LogP contribution < -0.4 is 16.6 Å². The van der Waals surface area contributed by atoms with Crippen molar-refractivity contribution in [3.05, 3.63) is 68.4 Å². The molecular formula is C19H16N4O3S. The number of hydrogen-bond acceptors (Lipinski definition) is 5. The average Bonchev–Trinajstić information content (AvgIpc) is 3.02. The van der Waals surface area contributed by atoms with Crippen LogP contribution in [0, 0.1) is 6.92 Å². The van der Waals surface area contributed by atoms with E-state index in [9.17, 15) is 14.4 Å². The number of H-pyrrole nitrogens is 1. The highest BCUT2D eigenvalue weighted by molar-refractivity contribution is 7.22. The van der Waals surface area contributed by atoms with Gasteiger partial charge in [0.15, 0.2) is 5.13 Å². The normalized spacial score (nSPS) is 11.2. The first kappa shape index (κ1) is 17.2. The van der Waals surface area contributed by atoms with E-state index in [2.05, 4.69) is 15.3 Å². The predicted octanol–water partition coefficient (Wildman–Crippen LogP) is 2.88. The van der Waals surface area contributed by atoms with E-state index >= 15 is 0 Å². The van der Waals surface area contributed by atoms with E-state index in [-0.39, 0.29) is 18.0 Å². The number of thiazole rings is 1. The van der Waals surface area contributed by atoms with E-state index in [1.807, 2.05) is 25.1 Å². The number of carbonyl (C=O) groups is 1. The molecule has 0 aliphatic heterocycles. The third-order valence-electron chi connectivity index (χ3n) is 4.32. The molecule has 7 nitrogen and oxygen atoms in total. The molecule has 2 N–H and O–H groups in total. The number of nitrogens with zero attached hydrogens (tertiary/aromatic N) is 2. The molecule has 2 aromatic carbocycles. The van der Waals surface area contributed by atoms with Crippen LogP contribution in [0.25, 0.3) is 21.1 Å². The molecule has 0 aliphatic carbocycles. The van der Waals surface area contributed by atoms with Crippen molar-refractivity contribution in [3.63, 3.8) is 0 Å². The monoisotopic (exact) mass is 380 g/mol. The van der Waals surface area contributed by atoms with Gasteiger partial charge in [-0.15, -0.1) is 0 Å². The zero-order valence-electron chi connectivity index (χ0n) is 14.7. The Hall–Kier alpha value is -3.26. The summed E-state index contributed by atoms with van der Waals surface area (Å²) in [6.45, 7) is 4.01. The maximum atomic E-state index is 12.6. The molecule has 0 fully saturated rings. The smallest absolute Gasteiger partial charge is 0.307 e. The van der Waals surface area contributed by atoms with Gasteiger partial charge < -0.3 is 4.98 Å². The summed E-state index contributed by atoms with van der Waals surface area (Å²) in [7, 11) is 0. The van der Waals surface area contributed by atoms with E-state index in [1.54, 1.807) is 19.1 Å². The van der Waals surface area contributed by atoms with E-state index in [1.165, 1.54) is 17.4 Å². The average molecular weight is 380 g/mol. The summed E-state index contributed by atoms with van der Waals surface area (Å²) in [5, 5.41) is 3.64. The lowest BCUT2D eigenvalue weighted by Gasteiger charge is -2.06. The highest BCUT2D eigenvalue weighted by atomic mass is 32.1. The van der Waals surface area contributed by atoms with Crippen molar-refractivity contribution in [1.29, 1.82) is 0 Å². The Labute approximate surface area is 157 Å². The molecule has 0 bridgehead atoms. The number of aromatic amines is 1. The fraction of sp³-hybridized carbons (Fsp3) is 0.158. The van der Waals surface area contributed by atoms with Crippen LogP contribution in [0.4, 0.5) is 5.13 Å². The van der Waals surface area contributed by atoms with Crippen molar-refractivity contribution < 1.29 is 4.79 Å². The minimum atomic E-state index is -0.492. The molecule has 0 radical (unpaired) electrons. The van der Waals surface area contributed by atoms with Crippen molar-refractivity contribution in [2.45, 2.75) is 20.4 Å². The molecular weight excluding hydrogens is 364 g/mol. The van der Waals surface area contributed by atoms with Crippen LogP contribution in [0.5, 0.6) is 0 Å². The van der Waals surface area contributed by atoms with Crippen LogP contribution in [0.2, 0.25) is 0 Å². The molecule has 136 valence electrons. The quantitative estimate of drug-likeness (QED) is 0.571. The number of nitrogens with one attached hydrogen (secondary N) is 2. The van der Waals surface area contributed by atoms with E-state index < -0.39 is 5.69 Å². The number of benzene rings is 2. The Morgan fingerprint density at radius 1 is 1.22 bits per heavy atom. The maximum Gasteiger partial charge on any atom is 0.328 e. The van der Waals surface area contributed by atoms with Gasteiger partial charge in [0.05, 0.1) is 21.1 Å². The molecule has 0 saturated heterocycles. The van der Waals surface area contributed by atoms with E-state index in [0.29, 0.717) is 21.6 Å². The molecule has 0 spiro atoms. The van der Waals surface area contributed by atoms with Gasteiger partial charge in [0.1, 0.15) is 0 Å². The summed E-state index contributed by atoms with van der Waals surface area (Å²) < 4.78 is 2.11. The number of aryl methyl sites for hydroxylation is 1. The molecule has 1 amide bonds. The molecule has 2 heterocycles. The van der Waals surface area contributed by atoms with Crippen molar-refractivity contribution in [3.8, 4) is 0 Å². The third-order valence-corrected chi connectivity index (χ3v) is 5.26. The number of fused-ring (bicyclic) bond motifs is 2. The van der Waals surface area contributed by atoms with Crippen LogP contribution in [-0.2, 0) is 6.54 Å². The molecule has 0 saturated carbocycles. The van der Waals surface area contributed by atoms with Gasteiger partial charge in [-0.3, -0.25) is 19.5 Å². The minimum absolute atomic E-state index is 0.281. The first-order valence-electron chi connectivity index (χ1n) is 8.41. The van der Waals surface area contributed by atoms with Gasteiger partial charge in [0, 0.05) is 12.1 Å². The lowest BCUT2D eigenvalue weighted by molar-refractivity contribution is 0.102. The van der Waals surface area contributed by atoms with Crippen molar-refractivity contribution in [1.82, 2.24) is 14.5 Å². The summed E-state index contributed by atoms with van der Waals surface area (Å²) in [5.74, 6) is -0.354. The summed E-state index contributed by atoms with van der Waals surface area (Å²) in [5.41, 5.74) is 1.76. The fourth-order valence-corrected chi connectivity index (χ4v) is 3.90. The summed E-state index contributed by atoms with van der Waals surface area (Å²) >= 11 is 1.39. The van der Waals surface area contributed by atoms with Gasteiger partial charge in [-0.05, 0) is 49.7 Å². The molecule has 27 heavy (non-hydrogen) atoms. The standard InChI is InChI=1S/C19H16N4O3S/c1-3-23-17(25)12-6-5-11(9-14(12)21-19(23)26)16(24)22-18-20-13-7-4-10(2)8-15(13)27-18/h4-9H,3H2,1-2H3,(H,21,26)(H,20,22,24).